The second kappa shape index (κ2) is 9.49. The molecule has 4 N–H and O–H groups in total. The highest BCUT2D eigenvalue weighted by molar-refractivity contribution is 5.99. The van der Waals surface area contributed by atoms with Crippen LogP contribution in [0.3, 0.4) is 0 Å². The molecule has 2 saturated heterocycles. The number of morpholine rings is 1. The van der Waals surface area contributed by atoms with Crippen LogP contribution in [-0.4, -0.2) is 63.9 Å². The number of aromatic amines is 1. The van der Waals surface area contributed by atoms with E-state index >= 15 is 0 Å². The van der Waals surface area contributed by atoms with Gasteiger partial charge in [0.1, 0.15) is 17.7 Å². The number of piperidine rings is 1. The maximum atomic E-state index is 13.0. The van der Waals surface area contributed by atoms with E-state index < -0.39 is 12.1 Å². The Morgan fingerprint density at radius 1 is 1.24 bits per heavy atom. The number of ether oxygens (including phenoxy) is 2. The zero-order valence-corrected chi connectivity index (χ0v) is 20.6. The lowest BCUT2D eigenvalue weighted by Crippen LogP contribution is -2.47. The van der Waals surface area contributed by atoms with Crippen molar-refractivity contribution in [2.75, 3.05) is 31.9 Å². The number of carbonyl (C=O) groups is 1. The number of hydrogen-bond donors (Lipinski definition) is 3. The van der Waals surface area contributed by atoms with Gasteiger partial charge in [0, 0.05) is 44.1 Å². The quantitative estimate of drug-likeness (QED) is 0.449. The Labute approximate surface area is 211 Å². The number of pyridine rings is 1. The van der Waals surface area contributed by atoms with E-state index in [0.717, 1.165) is 35.6 Å². The number of anilines is 1. The molecule has 9 nitrogen and oxygen atoms in total. The molecule has 37 heavy (non-hydrogen) atoms. The standard InChI is InChI=1S/C25H29F3N6O3/c1-24(2)13-30-12-19(37-24)21-32-20-16(5-8-31-22(20)33-21)14-6-9-34(10-7-14)23(35)17-4-3-15(11-18(17)29)36-25(26,27)28/h3-5,8,11,14,19,30H,6-7,9-10,12-13,29H2,1-2H3,(H,31,32,33)/t19-/m1/s1. The summed E-state index contributed by atoms with van der Waals surface area (Å²) in [5.41, 5.74) is 8.27. The van der Waals surface area contributed by atoms with E-state index in [1.54, 1.807) is 11.1 Å². The molecule has 0 bridgehead atoms. The summed E-state index contributed by atoms with van der Waals surface area (Å²) in [5, 5.41) is 3.38. The Hall–Kier alpha value is -3.38. The lowest BCUT2D eigenvalue weighted by atomic mass is 9.89. The van der Waals surface area contributed by atoms with Crippen LogP contribution >= 0.6 is 0 Å². The van der Waals surface area contributed by atoms with Gasteiger partial charge in [0.05, 0.1) is 16.7 Å². The van der Waals surface area contributed by atoms with Crippen molar-refractivity contribution in [1.29, 1.82) is 0 Å². The fraction of sp³-hybridized carbons (Fsp3) is 0.480. The van der Waals surface area contributed by atoms with Gasteiger partial charge < -0.3 is 30.4 Å². The molecule has 1 amide bonds. The lowest BCUT2D eigenvalue weighted by molar-refractivity contribution is -0.274. The zero-order chi connectivity index (χ0) is 26.4. The molecule has 2 fully saturated rings. The number of nitrogen functional groups attached to an aromatic ring is 1. The predicted molar refractivity (Wildman–Crippen MR) is 130 cm³/mol. The maximum Gasteiger partial charge on any atom is 0.573 e. The van der Waals surface area contributed by atoms with Crippen LogP contribution in [-0.2, 0) is 4.74 Å². The number of likely N-dealkylation sites (tertiary alicyclic amines) is 1. The molecule has 3 aromatic rings. The smallest absolute Gasteiger partial charge is 0.406 e. The average Bonchev–Trinajstić information content (AvgIpc) is 3.27. The summed E-state index contributed by atoms with van der Waals surface area (Å²) < 4.78 is 47.5. The van der Waals surface area contributed by atoms with Gasteiger partial charge in [0.15, 0.2) is 5.65 Å². The van der Waals surface area contributed by atoms with E-state index in [2.05, 4.69) is 25.0 Å². The van der Waals surface area contributed by atoms with E-state index in [4.69, 9.17) is 10.5 Å². The maximum absolute atomic E-state index is 13.0. The summed E-state index contributed by atoms with van der Waals surface area (Å²) in [7, 11) is 0. The molecule has 2 aromatic heterocycles. The minimum absolute atomic E-state index is 0.0581. The molecule has 2 aliphatic heterocycles. The number of halogens is 3. The first-order valence-electron chi connectivity index (χ1n) is 12.2. The molecule has 0 saturated carbocycles. The Morgan fingerprint density at radius 2 is 2.00 bits per heavy atom. The second-order valence-corrected chi connectivity index (χ2v) is 10.1. The first kappa shape index (κ1) is 25.3. The Kier molecular flexibility index (Phi) is 6.48. The summed E-state index contributed by atoms with van der Waals surface area (Å²) in [6.45, 7) is 6.46. The van der Waals surface area contributed by atoms with E-state index in [1.807, 2.05) is 19.9 Å². The van der Waals surface area contributed by atoms with Crippen LogP contribution in [0.5, 0.6) is 5.75 Å². The van der Waals surface area contributed by atoms with Crippen molar-refractivity contribution in [3.05, 3.63) is 47.4 Å². The van der Waals surface area contributed by atoms with E-state index in [1.165, 1.54) is 6.07 Å². The summed E-state index contributed by atoms with van der Waals surface area (Å²) in [5.74, 6) is 0.141. The average molecular weight is 519 g/mol. The molecule has 0 radical (unpaired) electrons. The zero-order valence-electron chi connectivity index (χ0n) is 20.6. The first-order chi connectivity index (χ1) is 17.5. The topological polar surface area (TPSA) is 118 Å². The van der Waals surface area contributed by atoms with Gasteiger partial charge in [-0.3, -0.25) is 4.79 Å². The number of amides is 1. The number of nitrogens with zero attached hydrogens (tertiary/aromatic N) is 3. The molecular formula is C25H29F3N6O3. The molecule has 5 rings (SSSR count). The van der Waals surface area contributed by atoms with Crippen LogP contribution in [0.25, 0.3) is 11.2 Å². The highest BCUT2D eigenvalue weighted by Gasteiger charge is 2.33. The molecule has 0 aliphatic carbocycles. The number of rotatable bonds is 4. The molecular weight excluding hydrogens is 489 g/mol. The third-order valence-electron chi connectivity index (χ3n) is 6.80. The number of carbonyl (C=O) groups excluding carboxylic acids is 1. The van der Waals surface area contributed by atoms with Gasteiger partial charge in [-0.1, -0.05) is 0 Å². The fourth-order valence-electron chi connectivity index (χ4n) is 5.06. The summed E-state index contributed by atoms with van der Waals surface area (Å²) in [4.78, 5) is 27.3. The summed E-state index contributed by atoms with van der Waals surface area (Å²) >= 11 is 0. The van der Waals surface area contributed by atoms with Crippen LogP contribution in [0.4, 0.5) is 18.9 Å². The van der Waals surface area contributed by atoms with E-state index in [0.29, 0.717) is 38.1 Å². The van der Waals surface area contributed by atoms with Crippen molar-refractivity contribution in [3.63, 3.8) is 0 Å². The van der Waals surface area contributed by atoms with Crippen LogP contribution in [0.15, 0.2) is 30.5 Å². The molecule has 1 atom stereocenters. The molecule has 0 spiro atoms. The van der Waals surface area contributed by atoms with Crippen molar-refractivity contribution in [3.8, 4) is 5.75 Å². The number of nitrogens with one attached hydrogen (secondary N) is 2. The van der Waals surface area contributed by atoms with Gasteiger partial charge in [-0.15, -0.1) is 13.2 Å². The van der Waals surface area contributed by atoms with Gasteiger partial charge in [-0.2, -0.15) is 0 Å². The molecule has 198 valence electrons. The third-order valence-corrected chi connectivity index (χ3v) is 6.80. The van der Waals surface area contributed by atoms with E-state index in [-0.39, 0.29) is 34.8 Å². The van der Waals surface area contributed by atoms with Crippen molar-refractivity contribution in [2.24, 2.45) is 0 Å². The van der Waals surface area contributed by atoms with Crippen LogP contribution in [0, 0.1) is 0 Å². The monoisotopic (exact) mass is 518 g/mol. The SMILES string of the molecule is CC1(C)CNC[C@H](c2nc3nccc(C4CCN(C(=O)c5ccc(OC(F)(F)F)cc5N)CC4)c3[nH]2)O1. The van der Waals surface area contributed by atoms with Crippen LogP contribution in [0.2, 0.25) is 0 Å². The Morgan fingerprint density at radius 3 is 2.68 bits per heavy atom. The van der Waals surface area contributed by atoms with Crippen molar-refractivity contribution >= 4 is 22.8 Å². The van der Waals surface area contributed by atoms with Crippen molar-refractivity contribution < 1.29 is 27.4 Å². The second-order valence-electron chi connectivity index (χ2n) is 10.1. The minimum Gasteiger partial charge on any atom is -0.406 e. The lowest BCUT2D eigenvalue weighted by Gasteiger charge is -2.35. The van der Waals surface area contributed by atoms with Crippen LogP contribution < -0.4 is 15.8 Å². The van der Waals surface area contributed by atoms with Crippen molar-refractivity contribution in [2.45, 2.75) is 50.7 Å². The number of imidazole rings is 1. The van der Waals surface area contributed by atoms with Crippen molar-refractivity contribution in [1.82, 2.24) is 25.2 Å². The highest BCUT2D eigenvalue weighted by Crippen LogP contribution is 2.34. The van der Waals surface area contributed by atoms with Gasteiger partial charge in [0.25, 0.3) is 5.91 Å². The number of benzene rings is 1. The molecule has 12 heteroatoms. The van der Waals surface area contributed by atoms with Gasteiger partial charge >= 0.3 is 6.36 Å². The van der Waals surface area contributed by atoms with Gasteiger partial charge in [-0.25, -0.2) is 9.97 Å². The number of alkyl halides is 3. The largest absolute Gasteiger partial charge is 0.573 e. The summed E-state index contributed by atoms with van der Waals surface area (Å²) in [6, 6.07) is 5.37. The number of H-pyrrole nitrogens is 1. The Bertz CT molecular complexity index is 1300. The fourth-order valence-corrected chi connectivity index (χ4v) is 5.06. The van der Waals surface area contributed by atoms with Gasteiger partial charge in [0.2, 0.25) is 0 Å². The predicted octanol–water partition coefficient (Wildman–Crippen LogP) is 3.90. The number of aromatic nitrogens is 3. The normalized spacial score (nSPS) is 20.8. The third kappa shape index (κ3) is 5.49. The molecule has 1 aromatic carbocycles. The minimum atomic E-state index is -4.83. The van der Waals surface area contributed by atoms with Gasteiger partial charge in [-0.05, 0) is 56.4 Å². The van der Waals surface area contributed by atoms with E-state index in [9.17, 15) is 18.0 Å². The molecule has 4 heterocycles. The number of hydrogen-bond acceptors (Lipinski definition) is 7. The van der Waals surface area contributed by atoms with Crippen LogP contribution in [0.1, 0.15) is 60.5 Å². The number of nitrogens with two attached hydrogens (primary N) is 1. The molecule has 2 aliphatic rings. The molecule has 0 unspecified atom stereocenters. The Balaban J connectivity index is 1.28. The highest BCUT2D eigenvalue weighted by atomic mass is 19.4. The summed E-state index contributed by atoms with van der Waals surface area (Å²) in [6.07, 6.45) is -1.87. The number of fused-ring (bicyclic) bond motifs is 1. The first-order valence-corrected chi connectivity index (χ1v) is 12.2.